The molecule has 1 saturated heterocycles. The van der Waals surface area contributed by atoms with Crippen LogP contribution in [0.25, 0.3) is 0 Å². The summed E-state index contributed by atoms with van der Waals surface area (Å²) >= 11 is 0. The van der Waals surface area contributed by atoms with Crippen LogP contribution in [0.4, 0.5) is 10.1 Å². The summed E-state index contributed by atoms with van der Waals surface area (Å²) in [5, 5.41) is 2.75. The topological polar surface area (TPSA) is 75.4 Å². The van der Waals surface area contributed by atoms with Crippen LogP contribution in [0.2, 0.25) is 0 Å². The van der Waals surface area contributed by atoms with Gasteiger partial charge in [-0.15, -0.1) is 0 Å². The second-order valence-corrected chi connectivity index (χ2v) is 6.06. The van der Waals surface area contributed by atoms with Crippen molar-refractivity contribution in [3.8, 4) is 0 Å². The molecule has 5 nitrogen and oxygen atoms in total. The fourth-order valence-corrected chi connectivity index (χ4v) is 3.03. The average molecular weight is 341 g/mol. The van der Waals surface area contributed by atoms with Gasteiger partial charge in [0.2, 0.25) is 5.91 Å². The molecule has 3 N–H and O–H groups in total. The largest absolute Gasteiger partial charge is 0.371 e. The van der Waals surface area contributed by atoms with Gasteiger partial charge in [0, 0.05) is 42.0 Å². The predicted molar refractivity (Wildman–Crippen MR) is 94.0 cm³/mol. The van der Waals surface area contributed by atoms with E-state index < -0.39 is 5.91 Å². The van der Waals surface area contributed by atoms with Crippen LogP contribution in [0.1, 0.15) is 39.1 Å². The molecule has 0 atom stereocenters. The van der Waals surface area contributed by atoms with Crippen LogP contribution in [0, 0.1) is 5.82 Å². The van der Waals surface area contributed by atoms with E-state index in [1.165, 1.54) is 30.3 Å². The first-order valence-electron chi connectivity index (χ1n) is 8.26. The average Bonchev–Trinajstić information content (AvgIpc) is 3.14. The number of carbonyl (C=O) groups excluding carboxylic acids is 2. The van der Waals surface area contributed by atoms with E-state index in [9.17, 15) is 14.0 Å². The first kappa shape index (κ1) is 17.0. The summed E-state index contributed by atoms with van der Waals surface area (Å²) in [5.41, 5.74) is 7.24. The van der Waals surface area contributed by atoms with Gasteiger partial charge in [0.05, 0.1) is 0 Å². The molecule has 1 aliphatic rings. The van der Waals surface area contributed by atoms with Crippen LogP contribution in [-0.4, -0.2) is 24.9 Å². The molecule has 0 saturated carbocycles. The Bertz CT molecular complexity index is 784. The number of nitrogens with two attached hydrogens (primary N) is 1. The quantitative estimate of drug-likeness (QED) is 0.877. The highest BCUT2D eigenvalue weighted by molar-refractivity contribution is 5.97. The predicted octanol–water partition coefficient (Wildman–Crippen LogP) is 2.45. The van der Waals surface area contributed by atoms with Gasteiger partial charge in [0.25, 0.3) is 5.91 Å². The Labute approximate surface area is 145 Å². The fraction of sp³-hybridized carbons (Fsp3) is 0.263. The smallest absolute Gasteiger partial charge is 0.251 e. The van der Waals surface area contributed by atoms with Crippen molar-refractivity contribution in [1.82, 2.24) is 5.32 Å². The molecule has 1 aliphatic heterocycles. The van der Waals surface area contributed by atoms with Crippen LogP contribution >= 0.6 is 0 Å². The summed E-state index contributed by atoms with van der Waals surface area (Å²) in [4.78, 5) is 25.5. The van der Waals surface area contributed by atoms with Crippen molar-refractivity contribution in [1.29, 1.82) is 0 Å². The van der Waals surface area contributed by atoms with Crippen LogP contribution in [0.15, 0.2) is 42.5 Å². The van der Waals surface area contributed by atoms with Crippen LogP contribution in [-0.2, 0) is 6.54 Å². The minimum atomic E-state index is -0.548. The first-order valence-corrected chi connectivity index (χ1v) is 8.26. The second-order valence-electron chi connectivity index (χ2n) is 6.06. The van der Waals surface area contributed by atoms with Gasteiger partial charge in [-0.05, 0) is 49.2 Å². The number of hydrogen-bond acceptors (Lipinski definition) is 3. The van der Waals surface area contributed by atoms with Crippen LogP contribution in [0.3, 0.4) is 0 Å². The number of halogens is 1. The molecule has 0 radical (unpaired) electrons. The summed E-state index contributed by atoms with van der Waals surface area (Å²) in [5.74, 6) is -1.20. The van der Waals surface area contributed by atoms with Gasteiger partial charge in [0.1, 0.15) is 5.82 Å². The molecule has 2 amide bonds. The van der Waals surface area contributed by atoms with Crippen LogP contribution in [0.5, 0.6) is 0 Å². The molecular formula is C19H20FN3O2. The second kappa shape index (κ2) is 7.34. The zero-order valence-corrected chi connectivity index (χ0v) is 13.8. The third-order valence-electron chi connectivity index (χ3n) is 4.40. The molecule has 130 valence electrons. The van der Waals surface area contributed by atoms with Gasteiger partial charge in [-0.2, -0.15) is 0 Å². The summed E-state index contributed by atoms with van der Waals surface area (Å²) in [6, 6.07) is 11.0. The molecule has 1 heterocycles. The number of nitrogens with one attached hydrogen (secondary N) is 1. The Hall–Kier alpha value is -2.89. The van der Waals surface area contributed by atoms with E-state index in [0.29, 0.717) is 16.7 Å². The maximum absolute atomic E-state index is 14.3. The van der Waals surface area contributed by atoms with Crippen molar-refractivity contribution < 1.29 is 14.0 Å². The van der Waals surface area contributed by atoms with Crippen molar-refractivity contribution in [3.63, 3.8) is 0 Å². The number of rotatable bonds is 5. The summed E-state index contributed by atoms with van der Waals surface area (Å²) in [7, 11) is 0. The third kappa shape index (κ3) is 3.79. The molecule has 3 rings (SSSR count). The Morgan fingerprint density at radius 1 is 1.04 bits per heavy atom. The van der Waals surface area contributed by atoms with Crippen molar-refractivity contribution in [2.45, 2.75) is 19.4 Å². The Kier molecular flexibility index (Phi) is 4.97. The minimum Gasteiger partial charge on any atom is -0.371 e. The molecule has 6 heteroatoms. The Morgan fingerprint density at radius 3 is 2.32 bits per heavy atom. The Balaban J connectivity index is 1.72. The third-order valence-corrected chi connectivity index (χ3v) is 4.40. The number of carbonyl (C=O) groups is 2. The van der Waals surface area contributed by atoms with E-state index in [0.717, 1.165) is 31.6 Å². The van der Waals surface area contributed by atoms with Crippen molar-refractivity contribution in [2.24, 2.45) is 5.73 Å². The van der Waals surface area contributed by atoms with E-state index in [2.05, 4.69) is 10.2 Å². The molecular weight excluding hydrogens is 321 g/mol. The lowest BCUT2D eigenvalue weighted by Gasteiger charge is -2.22. The number of anilines is 1. The minimum absolute atomic E-state index is 0.106. The Morgan fingerprint density at radius 2 is 1.68 bits per heavy atom. The molecule has 2 aromatic rings. The molecule has 2 aromatic carbocycles. The number of nitrogens with zero attached hydrogens (tertiary/aromatic N) is 1. The van der Waals surface area contributed by atoms with E-state index in [1.807, 2.05) is 6.07 Å². The van der Waals surface area contributed by atoms with Crippen molar-refractivity contribution in [3.05, 3.63) is 65.0 Å². The summed E-state index contributed by atoms with van der Waals surface area (Å²) in [6.45, 7) is 1.91. The number of hydrogen-bond donors (Lipinski definition) is 2. The van der Waals surface area contributed by atoms with Gasteiger partial charge >= 0.3 is 0 Å². The number of amides is 2. The van der Waals surface area contributed by atoms with Gasteiger partial charge in [-0.3, -0.25) is 9.59 Å². The lowest BCUT2D eigenvalue weighted by Crippen LogP contribution is -2.26. The highest BCUT2D eigenvalue weighted by Crippen LogP contribution is 2.26. The lowest BCUT2D eigenvalue weighted by molar-refractivity contribution is 0.0948. The number of benzene rings is 2. The maximum Gasteiger partial charge on any atom is 0.251 e. The molecule has 0 aromatic heterocycles. The highest BCUT2D eigenvalue weighted by atomic mass is 19.1. The molecule has 25 heavy (non-hydrogen) atoms. The van der Waals surface area contributed by atoms with E-state index in [-0.39, 0.29) is 18.3 Å². The summed E-state index contributed by atoms with van der Waals surface area (Å²) < 4.78 is 14.3. The molecule has 0 unspecified atom stereocenters. The highest BCUT2D eigenvalue weighted by Gasteiger charge is 2.18. The zero-order chi connectivity index (χ0) is 17.8. The van der Waals surface area contributed by atoms with Crippen molar-refractivity contribution >= 4 is 17.5 Å². The van der Waals surface area contributed by atoms with Gasteiger partial charge in [-0.25, -0.2) is 4.39 Å². The van der Waals surface area contributed by atoms with E-state index >= 15 is 0 Å². The van der Waals surface area contributed by atoms with Crippen molar-refractivity contribution in [2.75, 3.05) is 18.0 Å². The summed E-state index contributed by atoms with van der Waals surface area (Å²) in [6.07, 6.45) is 2.18. The fourth-order valence-electron chi connectivity index (χ4n) is 3.03. The lowest BCUT2D eigenvalue weighted by atomic mass is 10.1. The normalized spacial score (nSPS) is 13.7. The molecule has 1 fully saturated rings. The van der Waals surface area contributed by atoms with Gasteiger partial charge < -0.3 is 16.0 Å². The zero-order valence-electron chi connectivity index (χ0n) is 13.8. The van der Waals surface area contributed by atoms with Gasteiger partial charge in [-0.1, -0.05) is 6.07 Å². The van der Waals surface area contributed by atoms with E-state index in [1.54, 1.807) is 6.07 Å². The first-order chi connectivity index (χ1) is 12.1. The van der Waals surface area contributed by atoms with Gasteiger partial charge in [0.15, 0.2) is 0 Å². The number of primary amides is 1. The standard InChI is InChI=1S/C19H20FN3O2/c20-16-4-3-5-17(23-10-1-2-11-23)15(16)12-22-19(25)14-8-6-13(7-9-14)18(21)24/h3-9H,1-2,10-12H2,(H2,21,24)(H,22,25). The SMILES string of the molecule is NC(=O)c1ccc(C(=O)NCc2c(F)cccc2N2CCCC2)cc1. The van der Waals surface area contributed by atoms with Crippen LogP contribution < -0.4 is 16.0 Å². The van der Waals surface area contributed by atoms with E-state index in [4.69, 9.17) is 5.73 Å². The maximum atomic E-state index is 14.3. The molecule has 0 bridgehead atoms. The monoisotopic (exact) mass is 341 g/mol. The molecule has 0 aliphatic carbocycles. The molecule has 0 spiro atoms.